The first-order valence-electron chi connectivity index (χ1n) is 9.49. The Balaban J connectivity index is 1.37. The molecule has 0 unspecified atom stereocenters. The van der Waals surface area contributed by atoms with E-state index in [4.69, 9.17) is 9.47 Å². The predicted molar refractivity (Wildman–Crippen MR) is 112 cm³/mol. The number of hydrogen-bond donors (Lipinski definition) is 2. The minimum atomic E-state index is -0.216. The number of carbonyl (C=O) groups excluding carboxylic acids is 1. The molecule has 6 heteroatoms. The SMILES string of the molecule is Cc1ccc2cc(CCNC(=O)/C=C\c3ccc4c(c3)OCO4)c(=O)[nH]c2c1C. The summed E-state index contributed by atoms with van der Waals surface area (Å²) in [5.41, 5.74) is 4.48. The summed E-state index contributed by atoms with van der Waals surface area (Å²) in [5.74, 6) is 1.16. The average Bonchev–Trinajstić information content (AvgIpc) is 3.18. The van der Waals surface area contributed by atoms with Crippen LogP contribution in [0.25, 0.3) is 17.0 Å². The normalized spacial score (nSPS) is 12.6. The number of rotatable bonds is 5. The highest BCUT2D eigenvalue weighted by molar-refractivity contribution is 5.91. The van der Waals surface area contributed by atoms with Crippen molar-refractivity contribution < 1.29 is 14.3 Å². The van der Waals surface area contributed by atoms with E-state index in [1.54, 1.807) is 6.08 Å². The van der Waals surface area contributed by atoms with Gasteiger partial charge in [-0.3, -0.25) is 9.59 Å². The maximum Gasteiger partial charge on any atom is 0.251 e. The molecular weight excluding hydrogens is 368 g/mol. The van der Waals surface area contributed by atoms with E-state index in [1.807, 2.05) is 50.2 Å². The first kappa shape index (κ1) is 18.8. The predicted octanol–water partition coefficient (Wildman–Crippen LogP) is 3.25. The van der Waals surface area contributed by atoms with Crippen LogP contribution in [0.2, 0.25) is 0 Å². The van der Waals surface area contributed by atoms with Crippen molar-refractivity contribution in [2.75, 3.05) is 13.3 Å². The number of aryl methyl sites for hydroxylation is 2. The minimum absolute atomic E-state index is 0.114. The maximum atomic E-state index is 12.4. The Morgan fingerprint density at radius 1 is 1.14 bits per heavy atom. The zero-order chi connectivity index (χ0) is 20.4. The fraction of sp³-hybridized carbons (Fsp3) is 0.217. The molecule has 1 amide bonds. The molecule has 1 aliphatic heterocycles. The van der Waals surface area contributed by atoms with Gasteiger partial charge in [-0.25, -0.2) is 0 Å². The summed E-state index contributed by atoms with van der Waals surface area (Å²) >= 11 is 0. The maximum absolute atomic E-state index is 12.4. The number of H-pyrrole nitrogens is 1. The Morgan fingerprint density at radius 2 is 1.97 bits per heavy atom. The molecular formula is C23H22N2O4. The van der Waals surface area contributed by atoms with Crippen LogP contribution in [0.3, 0.4) is 0 Å². The topological polar surface area (TPSA) is 80.4 Å². The molecule has 148 valence electrons. The highest BCUT2D eigenvalue weighted by atomic mass is 16.7. The standard InChI is InChI=1S/C23H22N2O4/c1-14-3-6-17-12-18(23(27)25-22(17)15(14)2)9-10-24-21(26)8-5-16-4-7-19-20(11-16)29-13-28-19/h3-8,11-12H,9-10,13H2,1-2H3,(H,24,26)(H,25,27)/b8-5-. The van der Waals surface area contributed by atoms with Gasteiger partial charge in [-0.05, 0) is 66.6 Å². The van der Waals surface area contributed by atoms with Gasteiger partial charge in [0.1, 0.15) is 0 Å². The van der Waals surface area contributed by atoms with Gasteiger partial charge in [-0.2, -0.15) is 0 Å². The lowest BCUT2D eigenvalue weighted by atomic mass is 10.0. The van der Waals surface area contributed by atoms with Gasteiger partial charge in [0.2, 0.25) is 12.7 Å². The number of fused-ring (bicyclic) bond motifs is 2. The van der Waals surface area contributed by atoms with E-state index in [1.165, 1.54) is 6.08 Å². The summed E-state index contributed by atoms with van der Waals surface area (Å²) in [7, 11) is 0. The molecule has 2 heterocycles. The van der Waals surface area contributed by atoms with Crippen LogP contribution in [0.15, 0.2) is 47.3 Å². The Bertz CT molecular complexity index is 1180. The van der Waals surface area contributed by atoms with Crippen molar-refractivity contribution in [1.82, 2.24) is 10.3 Å². The molecule has 0 spiro atoms. The number of carbonyl (C=O) groups is 1. The molecule has 0 radical (unpaired) electrons. The van der Waals surface area contributed by atoms with Crippen LogP contribution in [0.4, 0.5) is 0 Å². The van der Waals surface area contributed by atoms with Crippen LogP contribution in [0.1, 0.15) is 22.3 Å². The number of benzene rings is 2. The van der Waals surface area contributed by atoms with Crippen LogP contribution >= 0.6 is 0 Å². The first-order valence-corrected chi connectivity index (χ1v) is 9.49. The second kappa shape index (κ2) is 7.83. The molecule has 2 aromatic carbocycles. The van der Waals surface area contributed by atoms with Crippen molar-refractivity contribution in [1.29, 1.82) is 0 Å². The third-order valence-electron chi connectivity index (χ3n) is 5.15. The molecule has 2 N–H and O–H groups in total. The van der Waals surface area contributed by atoms with E-state index in [0.717, 1.165) is 27.6 Å². The summed E-state index contributed by atoms with van der Waals surface area (Å²) in [6, 6.07) is 11.4. The number of aromatic amines is 1. The summed E-state index contributed by atoms with van der Waals surface area (Å²) in [6.07, 6.45) is 3.64. The monoisotopic (exact) mass is 390 g/mol. The highest BCUT2D eigenvalue weighted by Crippen LogP contribution is 2.32. The summed E-state index contributed by atoms with van der Waals surface area (Å²) in [5, 5.41) is 3.81. The largest absolute Gasteiger partial charge is 0.454 e. The average molecular weight is 390 g/mol. The lowest BCUT2D eigenvalue weighted by molar-refractivity contribution is -0.116. The van der Waals surface area contributed by atoms with Gasteiger partial charge in [0.25, 0.3) is 5.56 Å². The van der Waals surface area contributed by atoms with Crippen molar-refractivity contribution >= 4 is 22.9 Å². The van der Waals surface area contributed by atoms with E-state index in [9.17, 15) is 9.59 Å². The van der Waals surface area contributed by atoms with Crippen LogP contribution < -0.4 is 20.3 Å². The van der Waals surface area contributed by atoms with E-state index >= 15 is 0 Å². The lowest BCUT2D eigenvalue weighted by Gasteiger charge is -2.08. The second-order valence-electron chi connectivity index (χ2n) is 7.08. The van der Waals surface area contributed by atoms with E-state index in [2.05, 4.69) is 10.3 Å². The number of nitrogens with one attached hydrogen (secondary N) is 2. The molecule has 1 aliphatic rings. The Kier molecular flexibility index (Phi) is 5.08. The Labute approximate surface area is 168 Å². The van der Waals surface area contributed by atoms with Crippen molar-refractivity contribution in [3.8, 4) is 11.5 Å². The second-order valence-corrected chi connectivity index (χ2v) is 7.08. The smallest absolute Gasteiger partial charge is 0.251 e. The van der Waals surface area contributed by atoms with Crippen molar-refractivity contribution in [3.05, 3.63) is 75.1 Å². The molecule has 0 saturated heterocycles. The number of hydrogen-bond acceptors (Lipinski definition) is 4. The van der Waals surface area contributed by atoms with Crippen LogP contribution in [-0.2, 0) is 11.2 Å². The molecule has 0 bridgehead atoms. The number of pyridine rings is 1. The Morgan fingerprint density at radius 3 is 2.83 bits per heavy atom. The molecule has 4 rings (SSSR count). The number of ether oxygens (including phenoxy) is 2. The quantitative estimate of drug-likeness (QED) is 0.656. The molecule has 0 atom stereocenters. The van der Waals surface area contributed by atoms with Crippen molar-refractivity contribution in [3.63, 3.8) is 0 Å². The third-order valence-corrected chi connectivity index (χ3v) is 5.15. The zero-order valence-electron chi connectivity index (χ0n) is 16.4. The fourth-order valence-electron chi connectivity index (χ4n) is 3.32. The molecule has 0 aliphatic carbocycles. The summed E-state index contributed by atoms with van der Waals surface area (Å²) in [6.45, 7) is 4.62. The fourth-order valence-corrected chi connectivity index (χ4v) is 3.32. The van der Waals surface area contributed by atoms with Gasteiger partial charge >= 0.3 is 0 Å². The molecule has 0 fully saturated rings. The van der Waals surface area contributed by atoms with Gasteiger partial charge < -0.3 is 19.8 Å². The van der Waals surface area contributed by atoms with Gasteiger partial charge in [0.15, 0.2) is 11.5 Å². The van der Waals surface area contributed by atoms with E-state index in [0.29, 0.717) is 30.0 Å². The van der Waals surface area contributed by atoms with Crippen molar-refractivity contribution in [2.24, 2.45) is 0 Å². The van der Waals surface area contributed by atoms with Gasteiger partial charge in [-0.15, -0.1) is 0 Å². The number of amides is 1. The van der Waals surface area contributed by atoms with Crippen LogP contribution in [0.5, 0.6) is 11.5 Å². The summed E-state index contributed by atoms with van der Waals surface area (Å²) in [4.78, 5) is 27.4. The van der Waals surface area contributed by atoms with Gasteiger partial charge in [-0.1, -0.05) is 18.2 Å². The summed E-state index contributed by atoms with van der Waals surface area (Å²) < 4.78 is 10.6. The van der Waals surface area contributed by atoms with Crippen LogP contribution in [0, 0.1) is 13.8 Å². The molecule has 3 aromatic rings. The Hall–Kier alpha value is -3.54. The molecule has 6 nitrogen and oxygen atoms in total. The molecule has 29 heavy (non-hydrogen) atoms. The minimum Gasteiger partial charge on any atom is -0.454 e. The first-order chi connectivity index (χ1) is 14.0. The van der Waals surface area contributed by atoms with E-state index in [-0.39, 0.29) is 18.3 Å². The lowest BCUT2D eigenvalue weighted by Crippen LogP contribution is -2.25. The van der Waals surface area contributed by atoms with Crippen molar-refractivity contribution in [2.45, 2.75) is 20.3 Å². The van der Waals surface area contributed by atoms with Gasteiger partial charge in [0, 0.05) is 18.2 Å². The van der Waals surface area contributed by atoms with Crippen LogP contribution in [-0.4, -0.2) is 24.2 Å². The van der Waals surface area contributed by atoms with E-state index < -0.39 is 0 Å². The highest BCUT2D eigenvalue weighted by Gasteiger charge is 2.12. The third kappa shape index (κ3) is 4.01. The zero-order valence-corrected chi connectivity index (χ0v) is 16.4. The van der Waals surface area contributed by atoms with Gasteiger partial charge in [0.05, 0.1) is 5.52 Å². The number of aromatic nitrogens is 1. The molecule has 0 saturated carbocycles. The molecule has 1 aromatic heterocycles.